The molecule has 0 aliphatic carbocycles. The van der Waals surface area contributed by atoms with Crippen molar-refractivity contribution in [1.82, 2.24) is 0 Å². The van der Waals surface area contributed by atoms with E-state index in [9.17, 15) is 21.6 Å². The lowest BCUT2D eigenvalue weighted by molar-refractivity contribution is -0.137. The van der Waals surface area contributed by atoms with Crippen molar-refractivity contribution in [2.45, 2.75) is 24.9 Å². The van der Waals surface area contributed by atoms with Crippen molar-refractivity contribution in [3.63, 3.8) is 0 Å². The number of hydrazone groups is 1. The minimum absolute atomic E-state index is 0.201. The van der Waals surface area contributed by atoms with Crippen molar-refractivity contribution >= 4 is 15.7 Å². The van der Waals surface area contributed by atoms with Gasteiger partial charge in [0.1, 0.15) is 5.84 Å². The predicted molar refractivity (Wildman–Crippen MR) is 70.8 cm³/mol. The third kappa shape index (κ3) is 4.72. The molecule has 0 saturated heterocycles. The maximum absolute atomic E-state index is 12.6. The summed E-state index contributed by atoms with van der Waals surface area (Å²) < 4.78 is 60.4. The zero-order chi connectivity index (χ0) is 16.1. The van der Waals surface area contributed by atoms with Gasteiger partial charge in [0.15, 0.2) is 9.84 Å². The molecule has 9 heteroatoms. The van der Waals surface area contributed by atoms with Crippen LogP contribution in [0.25, 0.3) is 0 Å². The number of amidine groups is 1. The average Bonchev–Trinajstić information content (AvgIpc) is 2.37. The van der Waals surface area contributed by atoms with Crippen LogP contribution in [0.1, 0.15) is 25.0 Å². The summed E-state index contributed by atoms with van der Waals surface area (Å²) in [4.78, 5) is -0.501. The van der Waals surface area contributed by atoms with Gasteiger partial charge in [-0.3, -0.25) is 0 Å². The van der Waals surface area contributed by atoms with E-state index in [-0.39, 0.29) is 11.4 Å². The molecule has 0 bridgehead atoms. The second-order valence-electron chi connectivity index (χ2n) is 3.53. The highest BCUT2D eigenvalue weighted by molar-refractivity contribution is 7.90. The number of hydrogen-bond acceptors (Lipinski definition) is 4. The Labute approximate surface area is 115 Å². The Morgan fingerprint density at radius 2 is 1.70 bits per heavy atom. The third-order valence-corrected chi connectivity index (χ3v) is 3.19. The topological polar surface area (TPSA) is 98.5 Å². The molecule has 0 fully saturated rings. The zero-order valence-electron chi connectivity index (χ0n) is 11.2. The van der Waals surface area contributed by atoms with Gasteiger partial charge < -0.3 is 11.6 Å². The van der Waals surface area contributed by atoms with Crippen LogP contribution in [-0.4, -0.2) is 20.5 Å². The van der Waals surface area contributed by atoms with Gasteiger partial charge in [0, 0.05) is 11.8 Å². The summed E-state index contributed by atoms with van der Waals surface area (Å²) in [5.41, 5.74) is 3.95. The molecule has 0 amide bonds. The van der Waals surface area contributed by atoms with Crippen LogP contribution in [0.5, 0.6) is 0 Å². The second kappa shape index (κ2) is 6.60. The van der Waals surface area contributed by atoms with Crippen LogP contribution in [0.15, 0.2) is 28.2 Å². The average molecular weight is 311 g/mol. The van der Waals surface area contributed by atoms with Gasteiger partial charge in [-0.2, -0.15) is 18.3 Å². The van der Waals surface area contributed by atoms with Gasteiger partial charge >= 0.3 is 6.18 Å². The Balaban J connectivity index is 0.00000172. The maximum Gasteiger partial charge on any atom is 0.416 e. The fourth-order valence-corrected chi connectivity index (χ4v) is 1.88. The molecule has 114 valence electrons. The van der Waals surface area contributed by atoms with E-state index in [0.717, 1.165) is 12.3 Å². The van der Waals surface area contributed by atoms with Crippen molar-refractivity contribution in [1.29, 1.82) is 0 Å². The molecule has 0 atom stereocenters. The number of nitrogens with two attached hydrogens (primary N) is 2. The first-order chi connectivity index (χ1) is 9.05. The molecule has 1 rings (SSSR count). The molecule has 1 aromatic carbocycles. The number of halogens is 3. The molecule has 1 aromatic rings. The van der Waals surface area contributed by atoms with E-state index in [0.29, 0.717) is 12.1 Å². The molecule has 0 aliphatic rings. The monoisotopic (exact) mass is 311 g/mol. The summed E-state index contributed by atoms with van der Waals surface area (Å²) in [6.45, 7) is 4.00. The lowest BCUT2D eigenvalue weighted by Crippen LogP contribution is -2.18. The number of sulfone groups is 1. The highest BCUT2D eigenvalue weighted by Gasteiger charge is 2.32. The molecular weight excluding hydrogens is 295 g/mol. The Hall–Kier alpha value is -1.77. The van der Waals surface area contributed by atoms with Crippen molar-refractivity contribution in [2.75, 3.05) is 6.26 Å². The van der Waals surface area contributed by atoms with Crippen LogP contribution in [-0.2, 0) is 16.0 Å². The number of alkyl halides is 3. The maximum atomic E-state index is 12.6. The first kappa shape index (κ1) is 18.2. The second-order valence-corrected chi connectivity index (χ2v) is 5.55. The third-order valence-electron chi connectivity index (χ3n) is 2.10. The molecule has 0 saturated carbocycles. The smallest absolute Gasteiger partial charge is 0.382 e. The van der Waals surface area contributed by atoms with Crippen LogP contribution in [0.3, 0.4) is 0 Å². The first-order valence-corrected chi connectivity index (χ1v) is 7.41. The fraction of sp³-hybridized carbons (Fsp3) is 0.364. The van der Waals surface area contributed by atoms with Gasteiger partial charge in [-0.15, -0.1) is 0 Å². The fourth-order valence-electron chi connectivity index (χ4n) is 1.20. The van der Waals surface area contributed by atoms with E-state index in [1.807, 2.05) is 13.8 Å². The molecule has 0 radical (unpaired) electrons. The quantitative estimate of drug-likeness (QED) is 0.376. The van der Waals surface area contributed by atoms with E-state index in [1.165, 1.54) is 0 Å². The molecule has 5 nitrogen and oxygen atoms in total. The number of nitrogens with zero attached hydrogens (tertiary/aromatic N) is 1. The molecule has 4 N–H and O–H groups in total. The largest absolute Gasteiger partial charge is 0.416 e. The Kier molecular flexibility index (Phi) is 6.01. The summed E-state index contributed by atoms with van der Waals surface area (Å²) >= 11 is 0. The summed E-state index contributed by atoms with van der Waals surface area (Å²) in [6, 6.07) is 2.19. The van der Waals surface area contributed by atoms with Crippen molar-refractivity contribution < 1.29 is 21.6 Å². The summed E-state index contributed by atoms with van der Waals surface area (Å²) in [6.07, 6.45) is -3.90. The van der Waals surface area contributed by atoms with Gasteiger partial charge in [-0.05, 0) is 18.2 Å². The van der Waals surface area contributed by atoms with Crippen molar-refractivity contribution in [3.8, 4) is 0 Å². The van der Waals surface area contributed by atoms with E-state index in [2.05, 4.69) is 5.10 Å². The van der Waals surface area contributed by atoms with E-state index < -0.39 is 26.5 Å². The molecule has 0 aromatic heterocycles. The first-order valence-electron chi connectivity index (χ1n) is 5.52. The lowest BCUT2D eigenvalue weighted by Gasteiger charge is -2.11. The van der Waals surface area contributed by atoms with E-state index in [1.54, 1.807) is 0 Å². The normalized spacial score (nSPS) is 12.6. The summed E-state index contributed by atoms with van der Waals surface area (Å²) in [5.74, 6) is 4.47. The van der Waals surface area contributed by atoms with Crippen LogP contribution in [0, 0.1) is 0 Å². The summed E-state index contributed by atoms with van der Waals surface area (Å²) in [5, 5.41) is 3.04. The summed E-state index contributed by atoms with van der Waals surface area (Å²) in [7, 11) is -3.80. The van der Waals surface area contributed by atoms with Crippen molar-refractivity contribution in [2.24, 2.45) is 16.7 Å². The van der Waals surface area contributed by atoms with Gasteiger partial charge in [0.25, 0.3) is 0 Å². The van der Waals surface area contributed by atoms with Crippen LogP contribution in [0.4, 0.5) is 13.2 Å². The highest BCUT2D eigenvalue weighted by Crippen LogP contribution is 2.31. The Morgan fingerprint density at radius 1 is 1.20 bits per heavy atom. The molecule has 0 aliphatic heterocycles. The predicted octanol–water partition coefficient (Wildman–Crippen LogP) is 1.71. The van der Waals surface area contributed by atoms with Gasteiger partial charge in [0.05, 0.1) is 10.5 Å². The SMILES string of the molecule is CC.CS(=O)(=O)c1cc(/C(N)=N/N)cc(C(F)(F)F)c1. The van der Waals surface area contributed by atoms with Crippen molar-refractivity contribution in [3.05, 3.63) is 29.3 Å². The molecular formula is C11H16F3N3O2S. The van der Waals surface area contributed by atoms with Crippen LogP contribution >= 0.6 is 0 Å². The van der Waals surface area contributed by atoms with Crippen LogP contribution in [0.2, 0.25) is 0 Å². The highest BCUT2D eigenvalue weighted by atomic mass is 32.2. The molecule has 0 heterocycles. The van der Waals surface area contributed by atoms with Crippen LogP contribution < -0.4 is 11.6 Å². The van der Waals surface area contributed by atoms with Gasteiger partial charge in [-0.25, -0.2) is 8.42 Å². The Morgan fingerprint density at radius 3 is 2.05 bits per heavy atom. The zero-order valence-corrected chi connectivity index (χ0v) is 12.0. The lowest BCUT2D eigenvalue weighted by atomic mass is 10.1. The van der Waals surface area contributed by atoms with E-state index >= 15 is 0 Å². The minimum atomic E-state index is -4.69. The number of rotatable bonds is 2. The number of hydrogen-bond donors (Lipinski definition) is 2. The van der Waals surface area contributed by atoms with Gasteiger partial charge in [-0.1, -0.05) is 13.8 Å². The standard InChI is InChI=1S/C9H10F3N3O2S.C2H6/c1-18(16,17)7-3-5(8(13)15-14)2-6(4-7)9(10,11)12;1-2/h2-4H,14H2,1H3,(H2,13,15);1-2H3. The number of benzene rings is 1. The van der Waals surface area contributed by atoms with E-state index in [4.69, 9.17) is 11.6 Å². The molecule has 0 spiro atoms. The molecule has 20 heavy (non-hydrogen) atoms. The minimum Gasteiger partial charge on any atom is -0.382 e. The molecule has 0 unspecified atom stereocenters. The Bertz CT molecular complexity index is 595. The van der Waals surface area contributed by atoms with Gasteiger partial charge in [0.2, 0.25) is 0 Å².